The molecule has 0 radical (unpaired) electrons. The highest BCUT2D eigenvalue weighted by Gasteiger charge is 2.10. The van der Waals surface area contributed by atoms with Gasteiger partial charge in [-0.25, -0.2) is 9.97 Å². The molecule has 0 saturated heterocycles. The SMILES string of the molecule is CCCc1nc2nc[nH]n2c(=O)c1Cl. The smallest absolute Gasteiger partial charge is 0.278 e. The van der Waals surface area contributed by atoms with E-state index in [-0.39, 0.29) is 10.6 Å². The molecule has 0 unspecified atom stereocenters. The van der Waals surface area contributed by atoms with Crippen LogP contribution >= 0.6 is 11.6 Å². The third-order valence-electron chi connectivity index (χ3n) is 1.93. The van der Waals surface area contributed by atoms with Crippen molar-refractivity contribution in [3.05, 3.63) is 27.4 Å². The average molecular weight is 213 g/mol. The Balaban J connectivity index is 2.74. The van der Waals surface area contributed by atoms with E-state index in [4.69, 9.17) is 11.6 Å². The summed E-state index contributed by atoms with van der Waals surface area (Å²) in [6, 6.07) is 0. The van der Waals surface area contributed by atoms with Crippen LogP contribution in [0.25, 0.3) is 5.78 Å². The normalized spacial score (nSPS) is 11.0. The highest BCUT2D eigenvalue weighted by Crippen LogP contribution is 2.10. The number of aryl methyl sites for hydroxylation is 1. The maximum absolute atomic E-state index is 11.6. The minimum Gasteiger partial charge on any atom is -0.278 e. The van der Waals surface area contributed by atoms with Gasteiger partial charge in [0, 0.05) is 0 Å². The lowest BCUT2D eigenvalue weighted by Crippen LogP contribution is -2.18. The summed E-state index contributed by atoms with van der Waals surface area (Å²) in [5.41, 5.74) is 0.323. The maximum Gasteiger partial charge on any atom is 0.293 e. The Kier molecular flexibility index (Phi) is 2.25. The third kappa shape index (κ3) is 1.29. The minimum atomic E-state index is -0.294. The highest BCUT2D eigenvalue weighted by atomic mass is 35.5. The van der Waals surface area contributed by atoms with Gasteiger partial charge in [0.1, 0.15) is 11.3 Å². The molecule has 0 saturated carbocycles. The zero-order valence-corrected chi connectivity index (χ0v) is 8.38. The molecule has 0 aliphatic rings. The van der Waals surface area contributed by atoms with Gasteiger partial charge in [-0.3, -0.25) is 9.89 Å². The first kappa shape index (κ1) is 9.21. The van der Waals surface area contributed by atoms with E-state index < -0.39 is 0 Å². The molecule has 14 heavy (non-hydrogen) atoms. The van der Waals surface area contributed by atoms with Crippen LogP contribution in [-0.4, -0.2) is 19.6 Å². The highest BCUT2D eigenvalue weighted by molar-refractivity contribution is 6.31. The van der Waals surface area contributed by atoms with Crippen LogP contribution in [0, 0.1) is 0 Å². The first-order valence-electron chi connectivity index (χ1n) is 4.34. The lowest BCUT2D eigenvalue weighted by Gasteiger charge is -2.00. The Hall–Kier alpha value is -1.36. The molecule has 1 N–H and O–H groups in total. The minimum absolute atomic E-state index is 0.175. The molecule has 0 fully saturated rings. The van der Waals surface area contributed by atoms with E-state index in [2.05, 4.69) is 15.1 Å². The van der Waals surface area contributed by atoms with Crippen LogP contribution in [0.15, 0.2) is 11.1 Å². The van der Waals surface area contributed by atoms with Gasteiger partial charge in [0.15, 0.2) is 0 Å². The summed E-state index contributed by atoms with van der Waals surface area (Å²) < 4.78 is 1.22. The number of nitrogens with one attached hydrogen (secondary N) is 1. The predicted octanol–water partition coefficient (Wildman–Crippen LogP) is 1.02. The van der Waals surface area contributed by atoms with Crippen LogP contribution in [0.1, 0.15) is 19.0 Å². The van der Waals surface area contributed by atoms with Gasteiger partial charge in [-0.1, -0.05) is 24.9 Å². The Morgan fingerprint density at radius 3 is 3.14 bits per heavy atom. The largest absolute Gasteiger partial charge is 0.293 e. The molecule has 2 heterocycles. The number of rotatable bonds is 2. The number of hydrogen-bond acceptors (Lipinski definition) is 3. The molecule has 0 amide bonds. The van der Waals surface area contributed by atoms with Crippen LogP contribution in [0.5, 0.6) is 0 Å². The number of halogens is 1. The van der Waals surface area contributed by atoms with Crippen molar-refractivity contribution < 1.29 is 0 Å². The molecule has 2 aromatic heterocycles. The van der Waals surface area contributed by atoms with Gasteiger partial charge in [0.25, 0.3) is 11.3 Å². The van der Waals surface area contributed by atoms with Crippen LogP contribution in [0.3, 0.4) is 0 Å². The Bertz CT molecular complexity index is 516. The molecule has 0 bridgehead atoms. The van der Waals surface area contributed by atoms with Crippen molar-refractivity contribution in [2.45, 2.75) is 19.8 Å². The number of fused-ring (bicyclic) bond motifs is 1. The summed E-state index contributed by atoms with van der Waals surface area (Å²) in [6.07, 6.45) is 3.00. The van der Waals surface area contributed by atoms with E-state index in [0.29, 0.717) is 17.9 Å². The van der Waals surface area contributed by atoms with Gasteiger partial charge < -0.3 is 0 Å². The van der Waals surface area contributed by atoms with Crippen molar-refractivity contribution in [2.75, 3.05) is 0 Å². The maximum atomic E-state index is 11.6. The van der Waals surface area contributed by atoms with E-state index in [1.807, 2.05) is 6.92 Å². The Morgan fingerprint density at radius 2 is 2.43 bits per heavy atom. The summed E-state index contributed by atoms with van der Waals surface area (Å²) in [4.78, 5) is 19.7. The van der Waals surface area contributed by atoms with E-state index in [9.17, 15) is 4.79 Å². The number of nitrogens with zero attached hydrogens (tertiary/aromatic N) is 3. The Labute approximate surface area is 84.7 Å². The lowest BCUT2D eigenvalue weighted by molar-refractivity contribution is 0.838. The third-order valence-corrected chi connectivity index (χ3v) is 2.31. The molecular weight excluding hydrogens is 204 g/mol. The number of H-pyrrole nitrogens is 1. The standard InChI is InChI=1S/C8H9ClN4O/c1-2-3-5-6(9)7(14)13-8(12-5)10-4-11-13/h4H,2-3H2,1H3,(H,10,11,12). The van der Waals surface area contributed by atoms with Crippen molar-refractivity contribution >= 4 is 17.4 Å². The second kappa shape index (κ2) is 3.42. The van der Waals surface area contributed by atoms with Crippen LogP contribution < -0.4 is 5.56 Å². The van der Waals surface area contributed by atoms with Gasteiger partial charge in [-0.15, -0.1) is 0 Å². The monoisotopic (exact) mass is 212 g/mol. The summed E-state index contributed by atoms with van der Waals surface area (Å²) >= 11 is 5.86. The molecule has 0 aliphatic heterocycles. The lowest BCUT2D eigenvalue weighted by atomic mass is 10.2. The van der Waals surface area contributed by atoms with Crippen molar-refractivity contribution in [3.8, 4) is 0 Å². The zero-order chi connectivity index (χ0) is 10.1. The summed E-state index contributed by atoms with van der Waals surface area (Å²) in [7, 11) is 0. The van der Waals surface area contributed by atoms with Gasteiger partial charge in [0.05, 0.1) is 5.69 Å². The Morgan fingerprint density at radius 1 is 1.64 bits per heavy atom. The van der Waals surface area contributed by atoms with Gasteiger partial charge >= 0.3 is 0 Å². The summed E-state index contributed by atoms with van der Waals surface area (Å²) in [5.74, 6) is 0.364. The molecule has 0 aromatic carbocycles. The van der Waals surface area contributed by atoms with Crippen LogP contribution in [0.2, 0.25) is 5.02 Å². The molecular formula is C8H9ClN4O. The fraction of sp³-hybridized carbons (Fsp3) is 0.375. The van der Waals surface area contributed by atoms with Crippen LogP contribution in [0.4, 0.5) is 0 Å². The molecule has 0 aliphatic carbocycles. The fourth-order valence-corrected chi connectivity index (χ4v) is 1.50. The van der Waals surface area contributed by atoms with Gasteiger partial charge in [-0.05, 0) is 6.42 Å². The van der Waals surface area contributed by atoms with Crippen molar-refractivity contribution in [1.29, 1.82) is 0 Å². The van der Waals surface area contributed by atoms with Gasteiger partial charge in [0.2, 0.25) is 0 Å². The zero-order valence-electron chi connectivity index (χ0n) is 7.62. The topological polar surface area (TPSA) is 63.1 Å². The fourth-order valence-electron chi connectivity index (χ4n) is 1.28. The van der Waals surface area contributed by atoms with Crippen molar-refractivity contribution in [2.24, 2.45) is 0 Å². The average Bonchev–Trinajstić information content (AvgIpc) is 2.62. The molecule has 6 heteroatoms. The quantitative estimate of drug-likeness (QED) is 0.809. The van der Waals surface area contributed by atoms with E-state index >= 15 is 0 Å². The molecule has 0 atom stereocenters. The summed E-state index contributed by atoms with van der Waals surface area (Å²) in [5, 5.41) is 2.82. The van der Waals surface area contributed by atoms with Gasteiger partial charge in [-0.2, -0.15) is 4.52 Å². The predicted molar refractivity (Wildman–Crippen MR) is 52.6 cm³/mol. The van der Waals surface area contributed by atoms with Crippen LogP contribution in [-0.2, 0) is 6.42 Å². The van der Waals surface area contributed by atoms with E-state index in [1.165, 1.54) is 10.8 Å². The molecule has 0 spiro atoms. The van der Waals surface area contributed by atoms with E-state index in [1.54, 1.807) is 0 Å². The second-order valence-corrected chi connectivity index (χ2v) is 3.33. The molecule has 2 aromatic rings. The van der Waals surface area contributed by atoms with Crippen molar-refractivity contribution in [3.63, 3.8) is 0 Å². The summed E-state index contributed by atoms with van der Waals surface area (Å²) in [6.45, 7) is 2.00. The second-order valence-electron chi connectivity index (χ2n) is 2.95. The number of aromatic nitrogens is 4. The molecule has 5 nitrogen and oxygen atoms in total. The first-order valence-corrected chi connectivity index (χ1v) is 4.72. The van der Waals surface area contributed by atoms with E-state index in [0.717, 1.165) is 6.42 Å². The first-order chi connectivity index (χ1) is 6.74. The molecule has 74 valence electrons. The molecule has 2 rings (SSSR count). The number of hydrogen-bond donors (Lipinski definition) is 1. The van der Waals surface area contributed by atoms with Crippen molar-refractivity contribution in [1.82, 2.24) is 19.6 Å². The number of aromatic amines is 1.